The summed E-state index contributed by atoms with van der Waals surface area (Å²) < 4.78 is 0. The van der Waals surface area contributed by atoms with Crippen molar-refractivity contribution in [3.05, 3.63) is 63.7 Å². The van der Waals surface area contributed by atoms with Crippen molar-refractivity contribution in [1.82, 2.24) is 0 Å². The Kier molecular flexibility index (Phi) is 5.70. The summed E-state index contributed by atoms with van der Waals surface area (Å²) in [5.74, 6) is -0.168. The number of benzene rings is 2. The summed E-state index contributed by atoms with van der Waals surface area (Å²) in [4.78, 5) is 36.0. The van der Waals surface area contributed by atoms with Gasteiger partial charge in [-0.1, -0.05) is 18.2 Å². The van der Waals surface area contributed by atoms with E-state index in [1.165, 1.54) is 30.8 Å². The largest absolute Gasteiger partial charge is 0.307 e. The molecule has 0 aliphatic heterocycles. The number of hydrogen-bond donors (Lipinski definition) is 0. The molecule has 0 saturated heterocycles. The summed E-state index contributed by atoms with van der Waals surface area (Å²) in [6.07, 6.45) is 2.37. The first-order chi connectivity index (χ1) is 11.5. The number of nitrogens with zero attached hydrogens (tertiary/aromatic N) is 2. The van der Waals surface area contributed by atoms with Crippen LogP contribution in [0.15, 0.2) is 47.4 Å². The second kappa shape index (κ2) is 7.74. The van der Waals surface area contributed by atoms with Gasteiger partial charge >= 0.3 is 0 Å². The molecule has 0 atom stereocenters. The van der Waals surface area contributed by atoms with Gasteiger partial charge in [0, 0.05) is 17.9 Å². The minimum atomic E-state index is -0.596. The second-order valence-electron chi connectivity index (χ2n) is 5.05. The molecule has 0 bridgehead atoms. The van der Waals surface area contributed by atoms with Crippen LogP contribution in [0.4, 0.5) is 11.4 Å². The van der Waals surface area contributed by atoms with E-state index < -0.39 is 4.92 Å². The molecule has 0 heterocycles. The normalized spacial score (nSPS) is 10.2. The third-order valence-corrected chi connectivity index (χ3v) is 4.30. The van der Waals surface area contributed by atoms with Crippen LogP contribution in [-0.2, 0) is 11.3 Å². The molecule has 24 heavy (non-hydrogen) atoms. The van der Waals surface area contributed by atoms with Crippen LogP contribution >= 0.6 is 11.8 Å². The average molecular weight is 344 g/mol. The molecular formula is C17H16N2O4S. The number of carbonyl (C=O) groups is 2. The number of carbonyl (C=O) groups excluding carboxylic acids is 2. The van der Waals surface area contributed by atoms with Crippen LogP contribution < -0.4 is 4.90 Å². The van der Waals surface area contributed by atoms with E-state index in [2.05, 4.69) is 0 Å². The Hall–Kier alpha value is -2.67. The number of amides is 1. The summed E-state index contributed by atoms with van der Waals surface area (Å²) in [5, 5.41) is 11.1. The maximum absolute atomic E-state index is 12.1. The minimum Gasteiger partial charge on any atom is -0.307 e. The van der Waals surface area contributed by atoms with Crippen molar-refractivity contribution >= 4 is 35.3 Å². The molecule has 0 aliphatic rings. The third-order valence-electron chi connectivity index (χ3n) is 3.52. The first kappa shape index (κ1) is 17.7. The van der Waals surface area contributed by atoms with Gasteiger partial charge < -0.3 is 4.90 Å². The number of anilines is 1. The Balaban J connectivity index is 2.42. The van der Waals surface area contributed by atoms with Crippen LogP contribution in [0, 0.1) is 10.1 Å². The Morgan fingerprint density at radius 3 is 2.58 bits per heavy atom. The molecular weight excluding hydrogens is 328 g/mol. The van der Waals surface area contributed by atoms with E-state index in [0.29, 0.717) is 11.8 Å². The van der Waals surface area contributed by atoms with Crippen LogP contribution in [0.25, 0.3) is 0 Å². The average Bonchev–Trinajstić information content (AvgIpc) is 2.59. The fraction of sp³-hybridized carbons (Fsp3) is 0.176. The molecule has 0 aliphatic carbocycles. The lowest BCUT2D eigenvalue weighted by Crippen LogP contribution is -2.28. The highest BCUT2D eigenvalue weighted by atomic mass is 32.2. The van der Waals surface area contributed by atoms with Gasteiger partial charge in [0.05, 0.1) is 22.7 Å². The molecule has 0 saturated carbocycles. The summed E-state index contributed by atoms with van der Waals surface area (Å²) in [7, 11) is 0. The number of aldehydes is 1. The van der Waals surface area contributed by atoms with Gasteiger partial charge in [-0.2, -0.15) is 0 Å². The van der Waals surface area contributed by atoms with Crippen molar-refractivity contribution in [2.45, 2.75) is 18.4 Å². The van der Waals surface area contributed by atoms with Crippen molar-refractivity contribution in [2.24, 2.45) is 0 Å². The van der Waals surface area contributed by atoms with Gasteiger partial charge in [0.1, 0.15) is 0 Å². The van der Waals surface area contributed by atoms with Gasteiger partial charge in [-0.05, 0) is 30.0 Å². The minimum absolute atomic E-state index is 0.0163. The van der Waals surface area contributed by atoms with E-state index in [1.54, 1.807) is 11.0 Å². The Bertz CT molecular complexity index is 792. The third kappa shape index (κ3) is 3.80. The van der Waals surface area contributed by atoms with Gasteiger partial charge in [0.25, 0.3) is 5.69 Å². The van der Waals surface area contributed by atoms with E-state index in [0.717, 1.165) is 10.6 Å². The molecule has 2 rings (SSSR count). The predicted molar refractivity (Wildman–Crippen MR) is 93.6 cm³/mol. The summed E-state index contributed by atoms with van der Waals surface area (Å²) >= 11 is 1.52. The first-order valence-electron chi connectivity index (χ1n) is 7.11. The van der Waals surface area contributed by atoms with E-state index in [9.17, 15) is 19.7 Å². The molecule has 2 aromatic rings. The SMILES string of the molecule is CSc1ccccc1N(Cc1ccc(C=O)c([N+](=O)[O-])c1)C(C)=O. The van der Waals surface area contributed by atoms with E-state index >= 15 is 0 Å². The monoisotopic (exact) mass is 344 g/mol. The number of thioether (sulfide) groups is 1. The van der Waals surface area contributed by atoms with Crippen LogP contribution in [0.1, 0.15) is 22.8 Å². The highest BCUT2D eigenvalue weighted by molar-refractivity contribution is 7.98. The molecule has 0 unspecified atom stereocenters. The van der Waals surface area contributed by atoms with Gasteiger partial charge in [-0.3, -0.25) is 19.7 Å². The maximum Gasteiger partial charge on any atom is 0.280 e. The quantitative estimate of drug-likeness (QED) is 0.345. The zero-order chi connectivity index (χ0) is 17.7. The predicted octanol–water partition coefficient (Wildman–Crippen LogP) is 3.68. The summed E-state index contributed by atoms with van der Waals surface area (Å²) in [5.41, 5.74) is 1.09. The molecule has 0 aromatic heterocycles. The van der Waals surface area contributed by atoms with Crippen molar-refractivity contribution in [1.29, 1.82) is 0 Å². The fourth-order valence-corrected chi connectivity index (χ4v) is 2.95. The second-order valence-corrected chi connectivity index (χ2v) is 5.89. The molecule has 2 aromatic carbocycles. The molecule has 1 amide bonds. The lowest BCUT2D eigenvalue weighted by atomic mass is 10.1. The van der Waals surface area contributed by atoms with E-state index in [-0.39, 0.29) is 23.7 Å². The van der Waals surface area contributed by atoms with E-state index in [1.807, 2.05) is 30.5 Å². The van der Waals surface area contributed by atoms with Gasteiger partial charge in [0.2, 0.25) is 5.91 Å². The van der Waals surface area contributed by atoms with Crippen LogP contribution in [0.3, 0.4) is 0 Å². The Morgan fingerprint density at radius 2 is 2.00 bits per heavy atom. The van der Waals surface area contributed by atoms with Crippen LogP contribution in [-0.4, -0.2) is 23.4 Å². The molecule has 0 spiro atoms. The molecule has 0 fully saturated rings. The number of rotatable bonds is 6. The summed E-state index contributed by atoms with van der Waals surface area (Å²) in [6, 6.07) is 11.8. The lowest BCUT2D eigenvalue weighted by molar-refractivity contribution is -0.385. The van der Waals surface area contributed by atoms with Crippen molar-refractivity contribution in [3.63, 3.8) is 0 Å². The van der Waals surface area contributed by atoms with Crippen LogP contribution in [0.2, 0.25) is 0 Å². The van der Waals surface area contributed by atoms with Crippen LogP contribution in [0.5, 0.6) is 0 Å². The maximum atomic E-state index is 12.1. The molecule has 6 nitrogen and oxygen atoms in total. The number of para-hydroxylation sites is 1. The molecule has 0 N–H and O–H groups in total. The molecule has 0 radical (unpaired) electrons. The zero-order valence-electron chi connectivity index (χ0n) is 13.3. The number of hydrogen-bond acceptors (Lipinski definition) is 5. The smallest absolute Gasteiger partial charge is 0.280 e. The number of nitro benzene ring substituents is 1. The highest BCUT2D eigenvalue weighted by Gasteiger charge is 2.19. The fourth-order valence-electron chi connectivity index (χ4n) is 2.35. The molecule has 7 heteroatoms. The van der Waals surface area contributed by atoms with Gasteiger partial charge in [-0.25, -0.2) is 0 Å². The van der Waals surface area contributed by atoms with Crippen molar-refractivity contribution < 1.29 is 14.5 Å². The van der Waals surface area contributed by atoms with Crippen molar-refractivity contribution in [2.75, 3.05) is 11.2 Å². The molecule has 124 valence electrons. The Morgan fingerprint density at radius 1 is 1.29 bits per heavy atom. The topological polar surface area (TPSA) is 80.5 Å². The highest BCUT2D eigenvalue weighted by Crippen LogP contribution is 2.30. The standard InChI is InChI=1S/C17H16N2O4S/c1-12(21)18(15-5-3-4-6-17(15)24-2)10-13-7-8-14(11-20)16(9-13)19(22)23/h3-9,11H,10H2,1-2H3. The van der Waals surface area contributed by atoms with Crippen molar-refractivity contribution in [3.8, 4) is 0 Å². The Labute approximate surface area is 143 Å². The van der Waals surface area contributed by atoms with E-state index in [4.69, 9.17) is 0 Å². The lowest BCUT2D eigenvalue weighted by Gasteiger charge is -2.23. The zero-order valence-corrected chi connectivity index (χ0v) is 14.1. The summed E-state index contributed by atoms with van der Waals surface area (Å²) in [6.45, 7) is 1.64. The van der Waals surface area contributed by atoms with Gasteiger partial charge in [0.15, 0.2) is 6.29 Å². The first-order valence-corrected chi connectivity index (χ1v) is 8.34. The number of nitro groups is 1. The van der Waals surface area contributed by atoms with Gasteiger partial charge in [-0.15, -0.1) is 11.8 Å².